The van der Waals surface area contributed by atoms with Gasteiger partial charge < -0.3 is 24.7 Å². The van der Waals surface area contributed by atoms with E-state index in [0.29, 0.717) is 5.75 Å². The maximum Gasteiger partial charge on any atom is 0.376 e. The lowest BCUT2D eigenvalue weighted by Crippen LogP contribution is -2.50. The van der Waals surface area contributed by atoms with E-state index in [2.05, 4.69) is 27.9 Å². The highest BCUT2D eigenvalue weighted by Gasteiger charge is 2.56. The fraction of sp³-hybridized carbons (Fsp3) is 0.280. The van der Waals surface area contributed by atoms with Crippen LogP contribution in [0.25, 0.3) is 10.8 Å². The van der Waals surface area contributed by atoms with E-state index in [1.165, 1.54) is 14.2 Å². The second-order valence-electron chi connectivity index (χ2n) is 8.52. The Morgan fingerprint density at radius 2 is 1.44 bits per heavy atom. The lowest BCUT2D eigenvalue weighted by molar-refractivity contribution is -0.146. The van der Waals surface area contributed by atoms with Crippen molar-refractivity contribution in [1.29, 1.82) is 0 Å². The van der Waals surface area contributed by atoms with Gasteiger partial charge in [0, 0.05) is 28.6 Å². The van der Waals surface area contributed by atoms with Crippen molar-refractivity contribution in [1.82, 2.24) is 5.32 Å². The van der Waals surface area contributed by atoms with Crippen LogP contribution < -0.4 is 20.5 Å². The summed E-state index contributed by atoms with van der Waals surface area (Å²) in [6.07, 6.45) is 0. The molecule has 0 amide bonds. The summed E-state index contributed by atoms with van der Waals surface area (Å²) >= 11 is 0. The smallest absolute Gasteiger partial charge is 0.376 e. The van der Waals surface area contributed by atoms with Crippen LogP contribution in [0.4, 0.5) is 11.4 Å². The van der Waals surface area contributed by atoms with Crippen LogP contribution >= 0.6 is 0 Å². The molecule has 0 radical (unpaired) electrons. The summed E-state index contributed by atoms with van der Waals surface area (Å²) < 4.78 is 15.6. The minimum absolute atomic E-state index is 0.398. The molecule has 2 aliphatic heterocycles. The molecule has 1 fully saturated rings. The molecule has 3 N–H and O–H groups in total. The summed E-state index contributed by atoms with van der Waals surface area (Å²) in [7, 11) is 4.32. The topological polar surface area (TPSA) is 97.9 Å². The Morgan fingerprint density at radius 3 is 2.00 bits per heavy atom. The molecule has 0 aliphatic carbocycles. The fourth-order valence-corrected chi connectivity index (χ4v) is 5.28. The lowest BCUT2D eigenvalue weighted by Gasteiger charge is -2.33. The molecule has 5 rings (SSSR count). The number of methoxy groups -OCH3 is 3. The van der Waals surface area contributed by atoms with Crippen molar-refractivity contribution in [2.45, 2.75) is 17.9 Å². The van der Waals surface area contributed by atoms with Crippen molar-refractivity contribution in [3.05, 3.63) is 66.2 Å². The number of ether oxygens (including phenoxy) is 3. The quantitative estimate of drug-likeness (QED) is 0.395. The van der Waals surface area contributed by atoms with Gasteiger partial charge in [0.2, 0.25) is 0 Å². The Labute approximate surface area is 198 Å². The standard InChI is InChI=1S/C25H26BN3O5/c1-32-16-12-10-15(11-13-16)22-20(24(30)33-2)21(23(27-22)25(31)34-3)26-28-17-8-4-6-14-7-5-9-18(29-26)19(14)17/h4-13,20-23,27-29H,1-3H3/t20-,21-,22-,23-/m0/s1. The summed E-state index contributed by atoms with van der Waals surface area (Å²) in [6.45, 7) is -0.426. The number of rotatable bonds is 5. The normalized spacial score (nSPS) is 23.1. The van der Waals surface area contributed by atoms with Crippen LogP contribution in [-0.4, -0.2) is 46.3 Å². The van der Waals surface area contributed by atoms with E-state index in [-0.39, 0.29) is 0 Å². The molecule has 0 spiro atoms. The van der Waals surface area contributed by atoms with E-state index in [4.69, 9.17) is 14.2 Å². The van der Waals surface area contributed by atoms with Crippen molar-refractivity contribution in [2.75, 3.05) is 31.8 Å². The van der Waals surface area contributed by atoms with Crippen LogP contribution in [0.5, 0.6) is 5.75 Å². The summed E-state index contributed by atoms with van der Waals surface area (Å²) in [5, 5.41) is 12.6. The summed E-state index contributed by atoms with van der Waals surface area (Å²) in [6, 6.07) is 18.3. The first kappa shape index (κ1) is 22.1. The molecule has 174 valence electrons. The molecular weight excluding hydrogens is 433 g/mol. The van der Waals surface area contributed by atoms with Crippen molar-refractivity contribution >= 4 is 41.1 Å². The number of carbonyl (C=O) groups excluding carboxylic acids is 2. The number of esters is 2. The molecule has 4 atom stereocenters. The fourth-order valence-electron chi connectivity index (χ4n) is 5.28. The summed E-state index contributed by atoms with van der Waals surface area (Å²) in [5.41, 5.74) is 2.74. The molecule has 3 aromatic rings. The maximum absolute atomic E-state index is 13.2. The maximum atomic E-state index is 13.2. The average Bonchev–Trinajstić information content (AvgIpc) is 3.29. The van der Waals surface area contributed by atoms with Crippen molar-refractivity contribution in [2.24, 2.45) is 5.92 Å². The van der Waals surface area contributed by atoms with Gasteiger partial charge in [-0.2, -0.15) is 0 Å². The van der Waals surface area contributed by atoms with E-state index in [1.807, 2.05) is 48.5 Å². The molecule has 3 aromatic carbocycles. The molecule has 8 nitrogen and oxygen atoms in total. The SMILES string of the molecule is COC(=O)[C@H]1[C@H](B2Nc3cccc4cccc(c34)N2)[C@@H](C(=O)OC)N[C@H]1c1ccc(OC)cc1. The third-order valence-corrected chi connectivity index (χ3v) is 6.83. The van der Waals surface area contributed by atoms with E-state index in [9.17, 15) is 9.59 Å². The van der Waals surface area contributed by atoms with Gasteiger partial charge in [0.15, 0.2) is 0 Å². The third kappa shape index (κ3) is 3.62. The van der Waals surface area contributed by atoms with Gasteiger partial charge >= 0.3 is 18.9 Å². The van der Waals surface area contributed by atoms with Crippen LogP contribution in [0.2, 0.25) is 5.82 Å². The van der Waals surface area contributed by atoms with Gasteiger partial charge in [-0.05, 0) is 35.2 Å². The predicted octanol–water partition coefficient (Wildman–Crippen LogP) is 3.22. The van der Waals surface area contributed by atoms with Crippen LogP contribution in [0.15, 0.2) is 60.7 Å². The van der Waals surface area contributed by atoms with E-state index in [0.717, 1.165) is 27.7 Å². The van der Waals surface area contributed by atoms with Gasteiger partial charge in [-0.1, -0.05) is 36.4 Å². The minimum atomic E-state index is -0.740. The Bertz CT molecular complexity index is 1190. The Balaban J connectivity index is 1.57. The Morgan fingerprint density at radius 1 is 0.824 bits per heavy atom. The number of anilines is 2. The van der Waals surface area contributed by atoms with Gasteiger partial charge in [-0.15, -0.1) is 0 Å². The lowest BCUT2D eigenvalue weighted by atomic mass is 9.53. The zero-order chi connectivity index (χ0) is 23.8. The second kappa shape index (κ2) is 8.91. The Hall–Kier alpha value is -3.72. The molecule has 1 saturated heterocycles. The number of hydrogen-bond acceptors (Lipinski definition) is 8. The first-order valence-corrected chi connectivity index (χ1v) is 11.2. The molecule has 0 aromatic heterocycles. The van der Waals surface area contributed by atoms with Gasteiger partial charge in [-0.3, -0.25) is 14.9 Å². The summed E-state index contributed by atoms with van der Waals surface area (Å²) in [5.74, 6) is -1.29. The highest BCUT2D eigenvalue weighted by atomic mass is 16.5. The first-order valence-electron chi connectivity index (χ1n) is 11.2. The average molecular weight is 459 g/mol. The number of hydrogen-bond donors (Lipinski definition) is 3. The molecule has 0 unspecified atom stereocenters. The second-order valence-corrected chi connectivity index (χ2v) is 8.52. The minimum Gasteiger partial charge on any atom is -0.497 e. The molecule has 2 aliphatic rings. The van der Waals surface area contributed by atoms with Crippen LogP contribution in [-0.2, 0) is 19.1 Å². The van der Waals surface area contributed by atoms with Crippen LogP contribution in [0, 0.1) is 5.92 Å². The van der Waals surface area contributed by atoms with Gasteiger partial charge in [-0.25, -0.2) is 0 Å². The van der Waals surface area contributed by atoms with Crippen LogP contribution in [0.1, 0.15) is 11.6 Å². The summed E-state index contributed by atoms with van der Waals surface area (Å²) in [4.78, 5) is 26.1. The Kier molecular flexibility index (Phi) is 5.79. The zero-order valence-electron chi connectivity index (χ0n) is 19.2. The van der Waals surface area contributed by atoms with E-state index >= 15 is 0 Å². The predicted molar refractivity (Wildman–Crippen MR) is 131 cm³/mol. The number of nitrogens with one attached hydrogen (secondary N) is 3. The van der Waals surface area contributed by atoms with Crippen LogP contribution in [0.3, 0.4) is 0 Å². The number of benzene rings is 3. The molecule has 2 heterocycles. The zero-order valence-corrected chi connectivity index (χ0v) is 19.2. The van der Waals surface area contributed by atoms with Crippen molar-refractivity contribution in [3.8, 4) is 5.75 Å². The van der Waals surface area contributed by atoms with E-state index < -0.39 is 42.7 Å². The third-order valence-electron chi connectivity index (χ3n) is 6.83. The van der Waals surface area contributed by atoms with Gasteiger partial charge in [0.1, 0.15) is 11.8 Å². The van der Waals surface area contributed by atoms with Crippen molar-refractivity contribution < 1.29 is 23.8 Å². The van der Waals surface area contributed by atoms with E-state index in [1.54, 1.807) is 7.11 Å². The molecular formula is C25H26BN3O5. The molecule has 0 bridgehead atoms. The largest absolute Gasteiger partial charge is 0.497 e. The molecule has 34 heavy (non-hydrogen) atoms. The van der Waals surface area contributed by atoms with Gasteiger partial charge in [0.25, 0.3) is 0 Å². The van der Waals surface area contributed by atoms with Gasteiger partial charge in [0.05, 0.1) is 27.2 Å². The first-order chi connectivity index (χ1) is 16.5. The monoisotopic (exact) mass is 459 g/mol. The number of carbonyl (C=O) groups is 2. The highest BCUT2D eigenvalue weighted by molar-refractivity contribution is 6.70. The molecule has 9 heteroatoms. The molecule has 0 saturated carbocycles. The highest BCUT2D eigenvalue weighted by Crippen LogP contribution is 2.46. The van der Waals surface area contributed by atoms with Crippen molar-refractivity contribution in [3.63, 3.8) is 0 Å².